The van der Waals surface area contributed by atoms with E-state index < -0.39 is 6.10 Å². The molecule has 1 rings (SSSR count). The van der Waals surface area contributed by atoms with Gasteiger partial charge in [0.15, 0.2) is 0 Å². The van der Waals surface area contributed by atoms with Crippen molar-refractivity contribution in [2.45, 2.75) is 25.9 Å². The summed E-state index contributed by atoms with van der Waals surface area (Å²) in [5.41, 5.74) is 1.71. The zero-order chi connectivity index (χ0) is 10.7. The summed E-state index contributed by atoms with van der Waals surface area (Å²) in [7, 11) is 0. The number of hydrogen-bond donors (Lipinski definition) is 1. The summed E-state index contributed by atoms with van der Waals surface area (Å²) in [6, 6.07) is 1.71. The Morgan fingerprint density at radius 1 is 1.64 bits per heavy atom. The van der Waals surface area contributed by atoms with Crippen LogP contribution in [0.15, 0.2) is 18.2 Å². The first-order valence-corrected chi connectivity index (χ1v) is 5.91. The minimum absolute atomic E-state index is 0.545. The van der Waals surface area contributed by atoms with Gasteiger partial charge in [-0.2, -0.15) is 0 Å². The second kappa shape index (κ2) is 5.17. The molecule has 0 aliphatic heterocycles. The molecule has 1 aromatic heterocycles. The van der Waals surface area contributed by atoms with Crippen molar-refractivity contribution in [3.63, 3.8) is 0 Å². The van der Waals surface area contributed by atoms with E-state index in [2.05, 4.69) is 6.58 Å². The zero-order valence-electron chi connectivity index (χ0n) is 7.89. The fourth-order valence-electron chi connectivity index (χ4n) is 1.11. The van der Waals surface area contributed by atoms with Gasteiger partial charge in [-0.05, 0) is 18.9 Å². The molecule has 78 valence electrons. The van der Waals surface area contributed by atoms with Crippen molar-refractivity contribution in [3.05, 3.63) is 32.5 Å². The Hall–Kier alpha value is -0.0200. The van der Waals surface area contributed by atoms with Crippen LogP contribution in [0, 0.1) is 0 Å². The number of halogens is 2. The van der Waals surface area contributed by atoms with E-state index in [1.54, 1.807) is 6.07 Å². The number of rotatable bonds is 4. The molecule has 0 saturated carbocycles. The second-order valence-corrected chi connectivity index (χ2v) is 5.39. The highest BCUT2D eigenvalue weighted by Crippen LogP contribution is 2.36. The van der Waals surface area contributed by atoms with Gasteiger partial charge in [-0.25, -0.2) is 0 Å². The number of thiophene rings is 1. The predicted octanol–water partition coefficient (Wildman–Crippen LogP) is 4.44. The molecule has 0 spiro atoms. The van der Waals surface area contributed by atoms with Gasteiger partial charge in [0.2, 0.25) is 0 Å². The summed E-state index contributed by atoms with van der Waals surface area (Å²) in [4.78, 5) is 0. The maximum absolute atomic E-state index is 9.82. The first-order chi connectivity index (χ1) is 6.54. The Morgan fingerprint density at radius 2 is 2.29 bits per heavy atom. The Balaban J connectivity index is 2.73. The molecule has 14 heavy (non-hydrogen) atoms. The monoisotopic (exact) mass is 250 g/mol. The van der Waals surface area contributed by atoms with E-state index >= 15 is 0 Å². The van der Waals surface area contributed by atoms with Crippen LogP contribution in [0.4, 0.5) is 0 Å². The van der Waals surface area contributed by atoms with Crippen LogP contribution in [0.25, 0.3) is 0 Å². The van der Waals surface area contributed by atoms with E-state index in [0.29, 0.717) is 20.7 Å². The minimum Gasteiger partial charge on any atom is -0.388 e. The number of aliphatic hydroxyl groups is 1. The van der Waals surface area contributed by atoms with Crippen LogP contribution in [0.3, 0.4) is 0 Å². The highest BCUT2D eigenvalue weighted by atomic mass is 35.5. The fourth-order valence-corrected chi connectivity index (χ4v) is 2.68. The molecular formula is C10H12Cl2OS. The highest BCUT2D eigenvalue weighted by molar-refractivity contribution is 7.20. The molecule has 1 heterocycles. The standard InChI is InChI=1S/C10H12Cl2OS/c1-3-6(2)4-8(13)7-5-9(11)14-10(7)12/h5,8,13H,2-4H2,1H3. The lowest BCUT2D eigenvalue weighted by atomic mass is 10.0. The topological polar surface area (TPSA) is 20.2 Å². The summed E-state index contributed by atoms with van der Waals surface area (Å²) in [6.45, 7) is 5.85. The van der Waals surface area contributed by atoms with E-state index in [0.717, 1.165) is 12.0 Å². The molecule has 0 amide bonds. The van der Waals surface area contributed by atoms with Gasteiger partial charge in [0.05, 0.1) is 10.4 Å². The van der Waals surface area contributed by atoms with E-state index in [1.165, 1.54) is 11.3 Å². The molecule has 1 N–H and O–H groups in total. The zero-order valence-corrected chi connectivity index (χ0v) is 10.2. The minimum atomic E-state index is -0.585. The third-order valence-electron chi connectivity index (χ3n) is 2.02. The van der Waals surface area contributed by atoms with Crippen LogP contribution in [0.5, 0.6) is 0 Å². The van der Waals surface area contributed by atoms with Crippen molar-refractivity contribution < 1.29 is 5.11 Å². The van der Waals surface area contributed by atoms with Crippen molar-refractivity contribution in [1.29, 1.82) is 0 Å². The summed E-state index contributed by atoms with van der Waals surface area (Å²) >= 11 is 13.0. The lowest BCUT2D eigenvalue weighted by Crippen LogP contribution is -1.97. The molecular weight excluding hydrogens is 239 g/mol. The molecule has 0 aromatic carbocycles. The van der Waals surface area contributed by atoms with Crippen LogP contribution in [0.2, 0.25) is 8.67 Å². The van der Waals surface area contributed by atoms with Crippen LogP contribution in [0.1, 0.15) is 31.4 Å². The maximum Gasteiger partial charge on any atom is 0.100 e. The second-order valence-electron chi connectivity index (χ2n) is 3.10. The SMILES string of the molecule is C=C(CC)CC(O)c1cc(Cl)sc1Cl. The van der Waals surface area contributed by atoms with E-state index in [9.17, 15) is 5.11 Å². The third kappa shape index (κ3) is 2.99. The summed E-state index contributed by atoms with van der Waals surface area (Å²) < 4.78 is 1.16. The molecule has 0 aliphatic rings. The van der Waals surface area contributed by atoms with Crippen molar-refractivity contribution in [2.75, 3.05) is 0 Å². The van der Waals surface area contributed by atoms with Gasteiger partial charge in [0.25, 0.3) is 0 Å². The quantitative estimate of drug-likeness (QED) is 0.784. The van der Waals surface area contributed by atoms with Crippen molar-refractivity contribution in [1.82, 2.24) is 0 Å². The van der Waals surface area contributed by atoms with Crippen LogP contribution in [-0.2, 0) is 0 Å². The molecule has 0 aliphatic carbocycles. The van der Waals surface area contributed by atoms with Gasteiger partial charge < -0.3 is 5.11 Å². The largest absolute Gasteiger partial charge is 0.388 e. The van der Waals surface area contributed by atoms with Gasteiger partial charge >= 0.3 is 0 Å². The van der Waals surface area contributed by atoms with Gasteiger partial charge in [-0.3, -0.25) is 0 Å². The number of hydrogen-bond acceptors (Lipinski definition) is 2. The van der Waals surface area contributed by atoms with Crippen molar-refractivity contribution in [2.24, 2.45) is 0 Å². The predicted molar refractivity (Wildman–Crippen MR) is 63.3 cm³/mol. The Bertz CT molecular complexity index is 333. The third-order valence-corrected chi connectivity index (χ3v) is 3.54. The van der Waals surface area contributed by atoms with Crippen LogP contribution in [-0.4, -0.2) is 5.11 Å². The lowest BCUT2D eigenvalue weighted by molar-refractivity contribution is 0.178. The highest BCUT2D eigenvalue weighted by Gasteiger charge is 2.15. The van der Waals surface area contributed by atoms with E-state index in [-0.39, 0.29) is 0 Å². The van der Waals surface area contributed by atoms with Gasteiger partial charge in [0, 0.05) is 5.56 Å². The van der Waals surface area contributed by atoms with E-state index in [1.807, 2.05) is 6.92 Å². The average molecular weight is 251 g/mol. The lowest BCUT2D eigenvalue weighted by Gasteiger charge is -2.10. The molecule has 1 unspecified atom stereocenters. The molecule has 1 atom stereocenters. The van der Waals surface area contributed by atoms with Gasteiger partial charge in [0.1, 0.15) is 4.34 Å². The van der Waals surface area contributed by atoms with Crippen LogP contribution < -0.4 is 0 Å². The Labute approximate surface area is 98.0 Å². The Kier molecular flexibility index (Phi) is 4.45. The summed E-state index contributed by atoms with van der Waals surface area (Å²) in [5, 5.41) is 9.82. The maximum atomic E-state index is 9.82. The molecule has 0 fully saturated rings. The van der Waals surface area contributed by atoms with Gasteiger partial charge in [-0.1, -0.05) is 42.3 Å². The van der Waals surface area contributed by atoms with E-state index in [4.69, 9.17) is 23.2 Å². The molecule has 0 saturated heterocycles. The summed E-state index contributed by atoms with van der Waals surface area (Å²) in [6.07, 6.45) is 0.828. The normalized spacial score (nSPS) is 12.9. The van der Waals surface area contributed by atoms with Gasteiger partial charge in [-0.15, -0.1) is 11.3 Å². The molecule has 1 aromatic rings. The smallest absolute Gasteiger partial charge is 0.100 e. The fraction of sp³-hybridized carbons (Fsp3) is 0.400. The molecule has 1 nitrogen and oxygen atoms in total. The first-order valence-electron chi connectivity index (χ1n) is 4.34. The summed E-state index contributed by atoms with van der Waals surface area (Å²) in [5.74, 6) is 0. The number of aliphatic hydroxyl groups excluding tert-OH is 1. The van der Waals surface area contributed by atoms with Crippen molar-refractivity contribution >= 4 is 34.5 Å². The Morgan fingerprint density at radius 3 is 2.71 bits per heavy atom. The first kappa shape index (κ1) is 12.1. The average Bonchev–Trinajstić information content (AvgIpc) is 2.45. The molecule has 4 heteroatoms. The van der Waals surface area contributed by atoms with Crippen molar-refractivity contribution in [3.8, 4) is 0 Å². The van der Waals surface area contributed by atoms with Crippen LogP contribution >= 0.6 is 34.5 Å². The molecule has 0 radical (unpaired) electrons. The molecule has 0 bridgehead atoms.